The Morgan fingerprint density at radius 3 is 2.73 bits per heavy atom. The third-order valence-corrected chi connectivity index (χ3v) is 3.36. The van der Waals surface area contributed by atoms with Crippen LogP contribution in [-0.4, -0.2) is 5.16 Å². The Kier molecular flexibility index (Phi) is 2.71. The van der Waals surface area contributed by atoms with Crippen molar-refractivity contribution < 1.29 is 4.52 Å². The SMILES string of the molecule is Cc1c(N)noc1-c1ccc(Cl)c(Br)c1. The highest BCUT2D eigenvalue weighted by molar-refractivity contribution is 9.10. The number of anilines is 1. The van der Waals surface area contributed by atoms with E-state index in [2.05, 4.69) is 21.1 Å². The Labute approximate surface area is 100 Å². The van der Waals surface area contributed by atoms with Gasteiger partial charge in [0.2, 0.25) is 0 Å². The van der Waals surface area contributed by atoms with Crippen LogP contribution in [0.25, 0.3) is 11.3 Å². The van der Waals surface area contributed by atoms with Crippen molar-refractivity contribution in [3.63, 3.8) is 0 Å². The zero-order chi connectivity index (χ0) is 11.0. The number of nitrogens with zero attached hydrogens (tertiary/aromatic N) is 1. The first-order valence-corrected chi connectivity index (χ1v) is 5.44. The smallest absolute Gasteiger partial charge is 0.172 e. The van der Waals surface area contributed by atoms with Crippen LogP contribution in [0.3, 0.4) is 0 Å². The van der Waals surface area contributed by atoms with E-state index in [9.17, 15) is 0 Å². The van der Waals surface area contributed by atoms with Crippen LogP contribution in [0.4, 0.5) is 5.82 Å². The summed E-state index contributed by atoms with van der Waals surface area (Å²) < 4.78 is 5.95. The highest BCUT2D eigenvalue weighted by Gasteiger charge is 2.12. The number of rotatable bonds is 1. The van der Waals surface area contributed by atoms with E-state index in [0.717, 1.165) is 15.6 Å². The molecule has 0 amide bonds. The number of hydrogen-bond acceptors (Lipinski definition) is 3. The third kappa shape index (κ3) is 1.87. The summed E-state index contributed by atoms with van der Waals surface area (Å²) in [6, 6.07) is 5.52. The standard InChI is InChI=1S/C10H8BrClN2O/c1-5-9(15-14-10(5)13)6-2-3-8(12)7(11)4-6/h2-4H,1H3,(H2,13,14). The quantitative estimate of drug-likeness (QED) is 0.871. The molecule has 3 nitrogen and oxygen atoms in total. The lowest BCUT2D eigenvalue weighted by atomic mass is 10.1. The van der Waals surface area contributed by atoms with Gasteiger partial charge in [-0.3, -0.25) is 0 Å². The third-order valence-electron chi connectivity index (χ3n) is 2.14. The van der Waals surface area contributed by atoms with E-state index in [1.54, 1.807) is 6.07 Å². The summed E-state index contributed by atoms with van der Waals surface area (Å²) in [5.41, 5.74) is 7.34. The van der Waals surface area contributed by atoms with Crippen LogP contribution in [0.2, 0.25) is 5.02 Å². The van der Waals surface area contributed by atoms with Crippen LogP contribution in [0.15, 0.2) is 27.2 Å². The van der Waals surface area contributed by atoms with E-state index in [0.29, 0.717) is 16.6 Å². The summed E-state index contributed by atoms with van der Waals surface area (Å²) >= 11 is 9.24. The van der Waals surface area contributed by atoms with E-state index in [4.69, 9.17) is 21.9 Å². The summed E-state index contributed by atoms with van der Waals surface area (Å²) in [5, 5.41) is 4.36. The first kappa shape index (κ1) is 10.5. The second kappa shape index (κ2) is 3.87. The second-order valence-electron chi connectivity index (χ2n) is 3.15. The van der Waals surface area contributed by atoms with Crippen molar-refractivity contribution in [3.8, 4) is 11.3 Å². The van der Waals surface area contributed by atoms with E-state index in [-0.39, 0.29) is 0 Å². The molecule has 0 fully saturated rings. The van der Waals surface area contributed by atoms with Gasteiger partial charge in [-0.2, -0.15) is 0 Å². The van der Waals surface area contributed by atoms with Gasteiger partial charge in [0.1, 0.15) is 0 Å². The largest absolute Gasteiger partial charge is 0.381 e. The molecule has 0 spiro atoms. The van der Waals surface area contributed by atoms with Gasteiger partial charge < -0.3 is 10.3 Å². The van der Waals surface area contributed by atoms with Gasteiger partial charge in [0.15, 0.2) is 11.6 Å². The molecule has 0 bridgehead atoms. The zero-order valence-electron chi connectivity index (χ0n) is 7.92. The highest BCUT2D eigenvalue weighted by Crippen LogP contribution is 2.31. The average molecular weight is 288 g/mol. The fourth-order valence-electron chi connectivity index (χ4n) is 1.25. The Hall–Kier alpha value is -1.000. The van der Waals surface area contributed by atoms with Gasteiger partial charge in [-0.05, 0) is 41.1 Å². The predicted molar refractivity (Wildman–Crippen MR) is 63.8 cm³/mol. The van der Waals surface area contributed by atoms with Crippen LogP contribution < -0.4 is 5.73 Å². The Bertz CT molecular complexity index is 510. The summed E-state index contributed by atoms with van der Waals surface area (Å²) in [4.78, 5) is 0. The number of nitrogens with two attached hydrogens (primary N) is 1. The van der Waals surface area contributed by atoms with E-state index < -0.39 is 0 Å². The minimum atomic E-state index is 0.413. The van der Waals surface area contributed by atoms with Crippen molar-refractivity contribution in [2.75, 3.05) is 5.73 Å². The normalized spacial score (nSPS) is 10.6. The lowest BCUT2D eigenvalue weighted by Crippen LogP contribution is -1.86. The van der Waals surface area contributed by atoms with Crippen LogP contribution >= 0.6 is 27.5 Å². The molecule has 0 saturated heterocycles. The number of halogens is 2. The molecular weight excluding hydrogens is 279 g/mol. The minimum absolute atomic E-state index is 0.413. The Balaban J connectivity index is 2.55. The zero-order valence-corrected chi connectivity index (χ0v) is 10.3. The molecule has 0 saturated carbocycles. The van der Waals surface area contributed by atoms with Crippen LogP contribution in [0.1, 0.15) is 5.56 Å². The van der Waals surface area contributed by atoms with Gasteiger partial charge >= 0.3 is 0 Å². The molecule has 78 valence electrons. The molecule has 0 aliphatic rings. The van der Waals surface area contributed by atoms with E-state index in [1.165, 1.54) is 0 Å². The average Bonchev–Trinajstić information content (AvgIpc) is 2.53. The Morgan fingerprint density at radius 1 is 1.47 bits per heavy atom. The molecule has 2 aromatic rings. The highest BCUT2D eigenvalue weighted by atomic mass is 79.9. The molecule has 1 aromatic heterocycles. The van der Waals surface area contributed by atoms with Crippen molar-refractivity contribution in [2.24, 2.45) is 0 Å². The molecule has 0 aliphatic carbocycles. The van der Waals surface area contributed by atoms with Crippen molar-refractivity contribution >= 4 is 33.3 Å². The molecular formula is C10H8BrClN2O. The lowest BCUT2D eigenvalue weighted by molar-refractivity contribution is 0.435. The Morgan fingerprint density at radius 2 is 2.20 bits per heavy atom. The van der Waals surface area contributed by atoms with Crippen LogP contribution in [0, 0.1) is 6.92 Å². The molecule has 1 aromatic carbocycles. The molecule has 0 aliphatic heterocycles. The van der Waals surface area contributed by atoms with Crippen LogP contribution in [0.5, 0.6) is 0 Å². The predicted octanol–water partition coefficient (Wildman–Crippen LogP) is 3.65. The summed E-state index contributed by atoms with van der Waals surface area (Å²) in [6.45, 7) is 1.86. The molecule has 2 N–H and O–H groups in total. The lowest BCUT2D eigenvalue weighted by Gasteiger charge is -2.00. The van der Waals surface area contributed by atoms with Gasteiger partial charge in [0.25, 0.3) is 0 Å². The number of aromatic nitrogens is 1. The maximum atomic E-state index is 5.90. The number of hydrogen-bond donors (Lipinski definition) is 1. The summed E-state index contributed by atoms with van der Waals surface area (Å²) in [7, 11) is 0. The molecule has 2 rings (SSSR count). The number of benzene rings is 1. The topological polar surface area (TPSA) is 52.0 Å². The molecule has 0 unspecified atom stereocenters. The van der Waals surface area contributed by atoms with Crippen molar-refractivity contribution in [2.45, 2.75) is 6.92 Å². The fraction of sp³-hybridized carbons (Fsp3) is 0.100. The number of nitrogen functional groups attached to an aromatic ring is 1. The van der Waals surface area contributed by atoms with Crippen molar-refractivity contribution in [3.05, 3.63) is 33.3 Å². The van der Waals surface area contributed by atoms with Gasteiger partial charge in [-0.25, -0.2) is 0 Å². The molecule has 0 atom stereocenters. The maximum Gasteiger partial charge on any atom is 0.172 e. The summed E-state index contributed by atoms with van der Waals surface area (Å²) in [6.07, 6.45) is 0. The van der Waals surface area contributed by atoms with Crippen LogP contribution in [-0.2, 0) is 0 Å². The summed E-state index contributed by atoms with van der Waals surface area (Å²) in [5.74, 6) is 1.08. The molecule has 1 heterocycles. The van der Waals surface area contributed by atoms with Gasteiger partial charge in [-0.1, -0.05) is 16.8 Å². The molecule has 5 heteroatoms. The van der Waals surface area contributed by atoms with E-state index >= 15 is 0 Å². The van der Waals surface area contributed by atoms with Gasteiger partial charge in [0, 0.05) is 15.6 Å². The van der Waals surface area contributed by atoms with Gasteiger partial charge in [0.05, 0.1) is 5.02 Å². The minimum Gasteiger partial charge on any atom is -0.381 e. The van der Waals surface area contributed by atoms with Crippen molar-refractivity contribution in [1.82, 2.24) is 5.16 Å². The second-order valence-corrected chi connectivity index (χ2v) is 4.41. The maximum absolute atomic E-state index is 5.90. The molecule has 0 radical (unpaired) electrons. The first-order chi connectivity index (χ1) is 7.09. The fourth-order valence-corrected chi connectivity index (χ4v) is 1.75. The van der Waals surface area contributed by atoms with E-state index in [1.807, 2.05) is 19.1 Å². The first-order valence-electron chi connectivity index (χ1n) is 4.26. The molecule has 15 heavy (non-hydrogen) atoms. The monoisotopic (exact) mass is 286 g/mol. The van der Waals surface area contributed by atoms with Crippen molar-refractivity contribution in [1.29, 1.82) is 0 Å². The van der Waals surface area contributed by atoms with Gasteiger partial charge in [-0.15, -0.1) is 0 Å².